The van der Waals surface area contributed by atoms with Crippen LogP contribution in [0.4, 0.5) is 0 Å². The number of allylic oxidation sites excluding steroid dienone is 1. The van der Waals surface area contributed by atoms with Gasteiger partial charge >= 0.3 is 0 Å². The predicted octanol–water partition coefficient (Wildman–Crippen LogP) is 6.68. The number of fused-ring (bicyclic) bond motifs is 2. The fourth-order valence-electron chi connectivity index (χ4n) is 5.40. The molecule has 0 unspecified atom stereocenters. The molecule has 2 saturated carbocycles. The maximum atomic E-state index is 11.8. The van der Waals surface area contributed by atoms with Gasteiger partial charge in [0, 0.05) is 5.57 Å². The Labute approximate surface area is 156 Å². The topological polar surface area (TPSA) is 43.1 Å². The second-order valence-corrected chi connectivity index (χ2v) is 8.83. The van der Waals surface area contributed by atoms with E-state index in [1.165, 1.54) is 102 Å². The highest BCUT2D eigenvalue weighted by atomic mass is 16.1. The molecule has 0 aromatic carbocycles. The first-order valence-electron chi connectivity index (χ1n) is 11.1. The molecule has 2 rings (SSSR count). The lowest BCUT2D eigenvalue weighted by atomic mass is 9.73. The van der Waals surface area contributed by atoms with Crippen molar-refractivity contribution in [1.82, 2.24) is 0 Å². The molecule has 2 aliphatic carbocycles. The maximum Gasteiger partial charge on any atom is 0.244 e. The van der Waals surface area contributed by atoms with E-state index < -0.39 is 0 Å². The fraction of sp³-hybridized carbons (Fsp3) is 0.870. The molecule has 0 aliphatic heterocycles. The highest BCUT2D eigenvalue weighted by Crippen LogP contribution is 2.59. The van der Waals surface area contributed by atoms with Gasteiger partial charge in [0.2, 0.25) is 5.91 Å². The normalized spacial score (nSPS) is 26.1. The Morgan fingerprint density at radius 2 is 1.44 bits per heavy atom. The molecule has 2 aliphatic rings. The summed E-state index contributed by atoms with van der Waals surface area (Å²) in [6.45, 7) is 4.26. The highest BCUT2D eigenvalue weighted by molar-refractivity contribution is 5.92. The molecule has 2 bridgehead atoms. The molecule has 0 saturated heterocycles. The molecule has 0 radical (unpaired) electrons. The minimum atomic E-state index is -0.188. The Morgan fingerprint density at radius 1 is 0.920 bits per heavy atom. The maximum absolute atomic E-state index is 11.8. The monoisotopic (exact) mass is 347 g/mol. The molecule has 144 valence electrons. The molecular formula is C23H41NO. The Hall–Kier alpha value is -0.790. The molecule has 2 nitrogen and oxygen atoms in total. The van der Waals surface area contributed by atoms with E-state index in [-0.39, 0.29) is 5.91 Å². The van der Waals surface area contributed by atoms with Crippen molar-refractivity contribution in [3.05, 3.63) is 11.1 Å². The number of unbranched alkanes of at least 4 members (excludes halogenated alkanes) is 9. The average molecular weight is 348 g/mol. The third-order valence-corrected chi connectivity index (χ3v) is 6.98. The number of amides is 1. The Kier molecular flexibility index (Phi) is 8.52. The fourth-order valence-corrected chi connectivity index (χ4v) is 5.40. The van der Waals surface area contributed by atoms with Crippen LogP contribution >= 0.6 is 0 Å². The summed E-state index contributed by atoms with van der Waals surface area (Å²) in [6.07, 6.45) is 21.4. The smallest absolute Gasteiger partial charge is 0.244 e. The largest absolute Gasteiger partial charge is 0.366 e. The molecule has 2 N–H and O–H groups in total. The summed E-state index contributed by atoms with van der Waals surface area (Å²) in [5, 5.41) is 0. The van der Waals surface area contributed by atoms with E-state index in [0.717, 1.165) is 17.9 Å². The zero-order chi connectivity index (χ0) is 18.1. The minimum absolute atomic E-state index is 0.188. The third kappa shape index (κ3) is 5.86. The van der Waals surface area contributed by atoms with Gasteiger partial charge in [-0.25, -0.2) is 0 Å². The SMILES string of the molecule is CCCCCCCCCCCCC(=C(C)C(N)=O)C12CCC(CC1)C2. The summed E-state index contributed by atoms with van der Waals surface area (Å²) in [5.41, 5.74) is 8.34. The first-order valence-corrected chi connectivity index (χ1v) is 11.1. The summed E-state index contributed by atoms with van der Waals surface area (Å²) < 4.78 is 0. The molecule has 0 aromatic rings. The lowest BCUT2D eigenvalue weighted by Crippen LogP contribution is -2.23. The first-order chi connectivity index (χ1) is 12.1. The van der Waals surface area contributed by atoms with Gasteiger partial charge < -0.3 is 5.73 Å². The molecule has 1 amide bonds. The highest BCUT2D eigenvalue weighted by Gasteiger charge is 2.47. The van der Waals surface area contributed by atoms with E-state index in [4.69, 9.17) is 5.73 Å². The van der Waals surface area contributed by atoms with Crippen LogP contribution in [0.3, 0.4) is 0 Å². The van der Waals surface area contributed by atoms with E-state index in [9.17, 15) is 4.79 Å². The van der Waals surface area contributed by atoms with E-state index in [1.54, 1.807) is 0 Å². The van der Waals surface area contributed by atoms with Crippen LogP contribution in [0.15, 0.2) is 11.1 Å². The van der Waals surface area contributed by atoms with Crippen molar-refractivity contribution in [1.29, 1.82) is 0 Å². The van der Waals surface area contributed by atoms with Crippen molar-refractivity contribution < 1.29 is 4.79 Å². The molecule has 0 atom stereocenters. The molecular weight excluding hydrogens is 306 g/mol. The molecule has 0 heterocycles. The van der Waals surface area contributed by atoms with Crippen molar-refractivity contribution in [2.75, 3.05) is 0 Å². The molecule has 25 heavy (non-hydrogen) atoms. The van der Waals surface area contributed by atoms with Gasteiger partial charge in [-0.2, -0.15) is 0 Å². The van der Waals surface area contributed by atoms with Crippen LogP contribution in [0.5, 0.6) is 0 Å². The van der Waals surface area contributed by atoms with Crippen LogP contribution in [0.2, 0.25) is 0 Å². The van der Waals surface area contributed by atoms with Gasteiger partial charge in [-0.3, -0.25) is 4.79 Å². The van der Waals surface area contributed by atoms with Crippen LogP contribution in [0, 0.1) is 11.3 Å². The van der Waals surface area contributed by atoms with Gasteiger partial charge in [-0.15, -0.1) is 0 Å². The summed E-state index contributed by atoms with van der Waals surface area (Å²) in [6, 6.07) is 0. The summed E-state index contributed by atoms with van der Waals surface area (Å²) >= 11 is 0. The number of hydrogen-bond donors (Lipinski definition) is 1. The standard InChI is InChI=1S/C23H41NO/c1-3-4-5-6-7-8-9-10-11-12-13-21(19(2)22(24)25)23-16-14-20(18-23)15-17-23/h20H,3-18H2,1-2H3,(H2,24,25). The van der Waals surface area contributed by atoms with Crippen LogP contribution < -0.4 is 5.73 Å². The lowest BCUT2D eigenvalue weighted by Gasteiger charge is -2.31. The van der Waals surface area contributed by atoms with Crippen molar-refractivity contribution in [3.8, 4) is 0 Å². The average Bonchev–Trinajstić information content (AvgIpc) is 3.21. The van der Waals surface area contributed by atoms with Gasteiger partial charge in [0.15, 0.2) is 0 Å². The van der Waals surface area contributed by atoms with E-state index in [2.05, 4.69) is 6.92 Å². The molecule has 0 spiro atoms. The molecule has 2 fully saturated rings. The Morgan fingerprint density at radius 3 is 1.88 bits per heavy atom. The van der Waals surface area contributed by atoms with Gasteiger partial charge in [-0.1, -0.05) is 70.3 Å². The summed E-state index contributed by atoms with van der Waals surface area (Å²) in [7, 11) is 0. The second-order valence-electron chi connectivity index (χ2n) is 8.83. The predicted molar refractivity (Wildman–Crippen MR) is 107 cm³/mol. The quantitative estimate of drug-likeness (QED) is 0.293. The molecule has 0 aromatic heterocycles. The van der Waals surface area contributed by atoms with Crippen molar-refractivity contribution in [3.63, 3.8) is 0 Å². The van der Waals surface area contributed by atoms with Crippen LogP contribution in [0.25, 0.3) is 0 Å². The van der Waals surface area contributed by atoms with Crippen LogP contribution in [-0.4, -0.2) is 5.91 Å². The van der Waals surface area contributed by atoms with Gasteiger partial charge in [0.05, 0.1) is 0 Å². The molecule has 2 heteroatoms. The van der Waals surface area contributed by atoms with E-state index >= 15 is 0 Å². The Bertz CT molecular complexity index is 443. The van der Waals surface area contributed by atoms with Crippen LogP contribution in [0.1, 0.15) is 117 Å². The minimum Gasteiger partial charge on any atom is -0.366 e. The summed E-state index contributed by atoms with van der Waals surface area (Å²) in [4.78, 5) is 11.8. The van der Waals surface area contributed by atoms with Crippen LogP contribution in [-0.2, 0) is 4.79 Å². The van der Waals surface area contributed by atoms with E-state index in [1.807, 2.05) is 6.92 Å². The van der Waals surface area contributed by atoms with Gasteiger partial charge in [0.25, 0.3) is 0 Å². The van der Waals surface area contributed by atoms with E-state index in [0.29, 0.717) is 5.41 Å². The van der Waals surface area contributed by atoms with Gasteiger partial charge in [-0.05, 0) is 63.2 Å². The second kappa shape index (κ2) is 10.4. The van der Waals surface area contributed by atoms with Crippen molar-refractivity contribution in [2.45, 2.75) is 117 Å². The van der Waals surface area contributed by atoms with Crippen molar-refractivity contribution in [2.24, 2.45) is 17.1 Å². The first kappa shape index (κ1) is 20.5. The number of carbonyl (C=O) groups is 1. The summed E-state index contributed by atoms with van der Waals surface area (Å²) in [5.74, 6) is 0.732. The zero-order valence-electron chi connectivity index (χ0n) is 16.9. The number of hydrogen-bond acceptors (Lipinski definition) is 1. The number of primary amides is 1. The number of rotatable bonds is 13. The van der Waals surface area contributed by atoms with Gasteiger partial charge in [0.1, 0.15) is 0 Å². The zero-order valence-corrected chi connectivity index (χ0v) is 16.9. The lowest BCUT2D eigenvalue weighted by molar-refractivity contribution is -0.114. The number of carbonyl (C=O) groups excluding carboxylic acids is 1. The van der Waals surface area contributed by atoms with Crippen molar-refractivity contribution >= 4 is 5.91 Å². The Balaban J connectivity index is 1.69. The third-order valence-electron chi connectivity index (χ3n) is 6.98. The number of nitrogens with two attached hydrogens (primary N) is 1.